The molecule has 0 aromatic heterocycles. The third kappa shape index (κ3) is 3.34. The van der Waals surface area contributed by atoms with E-state index < -0.39 is 0 Å². The van der Waals surface area contributed by atoms with E-state index in [9.17, 15) is 4.79 Å². The topological polar surface area (TPSA) is 52.8 Å². The molecule has 0 atom stereocenters. The first kappa shape index (κ1) is 16.8. The Kier molecular flexibility index (Phi) is 4.69. The predicted molar refractivity (Wildman–Crippen MR) is 107 cm³/mol. The molecular formula is C21H26N4O. The second-order valence-corrected chi connectivity index (χ2v) is 7.08. The fourth-order valence-corrected chi connectivity index (χ4v) is 3.89. The lowest BCUT2D eigenvalue weighted by atomic mass is 10.1. The lowest BCUT2D eigenvalue weighted by Gasteiger charge is -2.36. The molecule has 2 heterocycles. The van der Waals surface area contributed by atoms with Crippen LogP contribution in [-0.4, -0.2) is 50.1 Å². The van der Waals surface area contributed by atoms with Gasteiger partial charge in [0.05, 0.1) is 11.4 Å². The number of rotatable bonds is 3. The molecule has 2 aromatic rings. The summed E-state index contributed by atoms with van der Waals surface area (Å²) in [5.74, 6) is 0.125. The maximum Gasteiger partial charge on any atom is 0.253 e. The van der Waals surface area contributed by atoms with Gasteiger partial charge in [0.25, 0.3) is 5.91 Å². The second-order valence-electron chi connectivity index (χ2n) is 7.08. The minimum absolute atomic E-state index is 0.125. The van der Waals surface area contributed by atoms with Gasteiger partial charge in [0, 0.05) is 50.5 Å². The molecule has 0 radical (unpaired) electrons. The molecule has 2 saturated heterocycles. The number of hydrogen-bond acceptors (Lipinski definition) is 4. The Bertz CT molecular complexity index is 763. The largest absolute Gasteiger partial charge is 0.397 e. The van der Waals surface area contributed by atoms with Crippen LogP contribution in [0.4, 0.5) is 17.1 Å². The highest BCUT2D eigenvalue weighted by molar-refractivity contribution is 5.94. The Hall–Kier alpha value is -2.69. The first-order valence-corrected chi connectivity index (χ1v) is 9.46. The molecule has 4 rings (SSSR count). The Labute approximate surface area is 155 Å². The van der Waals surface area contributed by atoms with Crippen LogP contribution in [0.3, 0.4) is 0 Å². The van der Waals surface area contributed by atoms with Crippen molar-refractivity contribution in [1.29, 1.82) is 0 Å². The zero-order valence-electron chi connectivity index (χ0n) is 15.1. The maximum absolute atomic E-state index is 12.6. The van der Waals surface area contributed by atoms with E-state index in [-0.39, 0.29) is 5.91 Å². The molecule has 0 spiro atoms. The lowest BCUT2D eigenvalue weighted by Crippen LogP contribution is -2.48. The number of nitrogens with zero attached hydrogens (tertiary/aromatic N) is 3. The van der Waals surface area contributed by atoms with E-state index in [1.165, 1.54) is 18.5 Å². The molecular weight excluding hydrogens is 324 g/mol. The van der Waals surface area contributed by atoms with Crippen molar-refractivity contribution in [3.05, 3.63) is 54.1 Å². The number of piperazine rings is 1. The first-order valence-electron chi connectivity index (χ1n) is 9.46. The van der Waals surface area contributed by atoms with E-state index in [2.05, 4.69) is 21.9 Å². The zero-order chi connectivity index (χ0) is 17.9. The number of carbonyl (C=O) groups is 1. The van der Waals surface area contributed by atoms with Crippen molar-refractivity contribution in [3.8, 4) is 0 Å². The van der Waals surface area contributed by atoms with E-state index in [1.807, 2.05) is 41.3 Å². The van der Waals surface area contributed by atoms with Crippen molar-refractivity contribution in [2.45, 2.75) is 12.8 Å². The van der Waals surface area contributed by atoms with Gasteiger partial charge in [-0.05, 0) is 43.2 Å². The van der Waals surface area contributed by atoms with Crippen LogP contribution in [0.5, 0.6) is 0 Å². The standard InChI is InChI=1S/C21H26N4O/c22-19-9-8-18(16-20(19)24-10-4-5-11-24)23-12-14-25(15-13-23)21(26)17-6-2-1-3-7-17/h1-3,6-9,16H,4-5,10-15,22H2. The lowest BCUT2D eigenvalue weighted by molar-refractivity contribution is 0.0747. The molecule has 1 amide bonds. The third-order valence-electron chi connectivity index (χ3n) is 5.41. The Morgan fingerprint density at radius 2 is 1.50 bits per heavy atom. The Morgan fingerprint density at radius 3 is 2.19 bits per heavy atom. The summed E-state index contributed by atoms with van der Waals surface area (Å²) < 4.78 is 0. The van der Waals surface area contributed by atoms with Crippen molar-refractivity contribution in [2.75, 3.05) is 54.8 Å². The van der Waals surface area contributed by atoms with Crippen molar-refractivity contribution in [3.63, 3.8) is 0 Å². The highest BCUT2D eigenvalue weighted by Crippen LogP contribution is 2.31. The third-order valence-corrected chi connectivity index (χ3v) is 5.41. The molecule has 0 bridgehead atoms. The summed E-state index contributed by atoms with van der Waals surface area (Å²) in [4.78, 5) is 19.3. The van der Waals surface area contributed by atoms with Crippen molar-refractivity contribution in [1.82, 2.24) is 4.90 Å². The van der Waals surface area contributed by atoms with Gasteiger partial charge in [0.15, 0.2) is 0 Å². The number of carbonyl (C=O) groups excluding carboxylic acids is 1. The molecule has 2 fully saturated rings. The molecule has 2 aliphatic rings. The normalized spacial score (nSPS) is 17.6. The van der Waals surface area contributed by atoms with E-state index >= 15 is 0 Å². The first-order chi connectivity index (χ1) is 12.7. The highest BCUT2D eigenvalue weighted by Gasteiger charge is 2.23. The summed E-state index contributed by atoms with van der Waals surface area (Å²) in [6.45, 7) is 5.37. The van der Waals surface area contributed by atoms with Crippen LogP contribution in [0.15, 0.2) is 48.5 Å². The van der Waals surface area contributed by atoms with Crippen molar-refractivity contribution < 1.29 is 4.79 Å². The Morgan fingerprint density at radius 1 is 0.808 bits per heavy atom. The van der Waals surface area contributed by atoms with E-state index in [0.717, 1.165) is 56.2 Å². The van der Waals surface area contributed by atoms with Crippen LogP contribution in [0.25, 0.3) is 0 Å². The number of nitrogen functional groups attached to an aromatic ring is 1. The molecule has 0 saturated carbocycles. The average molecular weight is 350 g/mol. The summed E-state index contributed by atoms with van der Waals surface area (Å²) in [5.41, 5.74) is 10.2. The van der Waals surface area contributed by atoms with Gasteiger partial charge in [0.1, 0.15) is 0 Å². The van der Waals surface area contributed by atoms with Crippen LogP contribution < -0.4 is 15.5 Å². The number of benzene rings is 2. The smallest absolute Gasteiger partial charge is 0.253 e. The Balaban J connectivity index is 1.43. The molecule has 26 heavy (non-hydrogen) atoms. The minimum atomic E-state index is 0.125. The molecule has 0 aliphatic carbocycles. The summed E-state index contributed by atoms with van der Waals surface area (Å²) in [5, 5.41) is 0. The molecule has 2 aromatic carbocycles. The quantitative estimate of drug-likeness (QED) is 0.865. The molecule has 2 N–H and O–H groups in total. The predicted octanol–water partition coefficient (Wildman–Crippen LogP) is 2.83. The molecule has 2 aliphatic heterocycles. The molecule has 5 nitrogen and oxygen atoms in total. The fraction of sp³-hybridized carbons (Fsp3) is 0.381. The second kappa shape index (κ2) is 7.28. The van der Waals surface area contributed by atoms with E-state index in [1.54, 1.807) is 0 Å². The van der Waals surface area contributed by atoms with E-state index in [0.29, 0.717) is 0 Å². The summed E-state index contributed by atoms with van der Waals surface area (Å²) >= 11 is 0. The zero-order valence-corrected chi connectivity index (χ0v) is 15.1. The van der Waals surface area contributed by atoms with Gasteiger partial charge in [-0.25, -0.2) is 0 Å². The fourth-order valence-electron chi connectivity index (χ4n) is 3.89. The molecule has 0 unspecified atom stereocenters. The number of anilines is 3. The van der Waals surface area contributed by atoms with Crippen molar-refractivity contribution >= 4 is 23.0 Å². The van der Waals surface area contributed by atoms with Gasteiger partial charge in [0.2, 0.25) is 0 Å². The van der Waals surface area contributed by atoms with Gasteiger partial charge < -0.3 is 20.4 Å². The highest BCUT2D eigenvalue weighted by atomic mass is 16.2. The number of nitrogens with two attached hydrogens (primary N) is 1. The summed E-state index contributed by atoms with van der Waals surface area (Å²) in [6, 6.07) is 15.9. The van der Waals surface area contributed by atoms with Crippen LogP contribution in [0.2, 0.25) is 0 Å². The van der Waals surface area contributed by atoms with Crippen molar-refractivity contribution in [2.24, 2.45) is 0 Å². The maximum atomic E-state index is 12.6. The summed E-state index contributed by atoms with van der Waals surface area (Å²) in [7, 11) is 0. The number of amides is 1. The van der Waals surface area contributed by atoms with Crippen LogP contribution >= 0.6 is 0 Å². The number of hydrogen-bond donors (Lipinski definition) is 1. The summed E-state index contributed by atoms with van der Waals surface area (Å²) in [6.07, 6.45) is 2.48. The van der Waals surface area contributed by atoms with Crippen LogP contribution in [-0.2, 0) is 0 Å². The molecule has 5 heteroatoms. The van der Waals surface area contributed by atoms with E-state index in [4.69, 9.17) is 5.73 Å². The van der Waals surface area contributed by atoms with Crippen LogP contribution in [0, 0.1) is 0 Å². The monoisotopic (exact) mass is 350 g/mol. The SMILES string of the molecule is Nc1ccc(N2CCN(C(=O)c3ccccc3)CC2)cc1N1CCCC1. The average Bonchev–Trinajstić information content (AvgIpc) is 3.23. The van der Waals surface area contributed by atoms with Gasteiger partial charge in [-0.3, -0.25) is 4.79 Å². The van der Waals surface area contributed by atoms with Gasteiger partial charge in [-0.1, -0.05) is 18.2 Å². The van der Waals surface area contributed by atoms with Gasteiger partial charge in [-0.2, -0.15) is 0 Å². The van der Waals surface area contributed by atoms with Crippen LogP contribution in [0.1, 0.15) is 23.2 Å². The minimum Gasteiger partial charge on any atom is -0.397 e. The van der Waals surface area contributed by atoms with Gasteiger partial charge >= 0.3 is 0 Å². The van der Waals surface area contributed by atoms with Gasteiger partial charge in [-0.15, -0.1) is 0 Å². The molecule has 136 valence electrons.